The van der Waals surface area contributed by atoms with Crippen LogP contribution < -0.4 is 11.1 Å². The minimum atomic E-state index is -0.136. The SMILES string of the molecule is Cl.NCCCCNC(=O)c1ccccc1-n1cnnn1. The van der Waals surface area contributed by atoms with Crippen molar-refractivity contribution in [2.24, 2.45) is 5.73 Å². The summed E-state index contributed by atoms with van der Waals surface area (Å²) < 4.78 is 1.47. The maximum Gasteiger partial charge on any atom is 0.253 e. The predicted octanol–water partition coefficient (Wildman–Crippen LogP) is 0.553. The summed E-state index contributed by atoms with van der Waals surface area (Å²) in [6.07, 6.45) is 3.23. The van der Waals surface area contributed by atoms with Crippen molar-refractivity contribution in [3.8, 4) is 5.69 Å². The van der Waals surface area contributed by atoms with Crippen LogP contribution in [0.2, 0.25) is 0 Å². The molecule has 0 aliphatic rings. The number of unbranched alkanes of at least 4 members (excludes halogenated alkanes) is 1. The van der Waals surface area contributed by atoms with Gasteiger partial charge in [0.2, 0.25) is 0 Å². The lowest BCUT2D eigenvalue weighted by molar-refractivity contribution is 0.0953. The fourth-order valence-corrected chi connectivity index (χ4v) is 1.70. The Labute approximate surface area is 123 Å². The largest absolute Gasteiger partial charge is 0.352 e. The molecule has 7 nitrogen and oxygen atoms in total. The molecule has 0 unspecified atom stereocenters. The highest BCUT2D eigenvalue weighted by molar-refractivity contribution is 5.97. The van der Waals surface area contributed by atoms with Crippen LogP contribution in [0.3, 0.4) is 0 Å². The molecule has 2 rings (SSSR count). The van der Waals surface area contributed by atoms with E-state index in [0.717, 1.165) is 12.8 Å². The Morgan fingerprint density at radius 2 is 2.10 bits per heavy atom. The van der Waals surface area contributed by atoms with Gasteiger partial charge in [-0.25, -0.2) is 0 Å². The van der Waals surface area contributed by atoms with Gasteiger partial charge in [-0.15, -0.1) is 17.5 Å². The lowest BCUT2D eigenvalue weighted by Gasteiger charge is -2.09. The first-order valence-electron chi connectivity index (χ1n) is 6.13. The van der Waals surface area contributed by atoms with Gasteiger partial charge >= 0.3 is 0 Å². The lowest BCUT2D eigenvalue weighted by Crippen LogP contribution is -2.26. The molecule has 1 aromatic heterocycles. The van der Waals surface area contributed by atoms with Gasteiger partial charge in [-0.05, 0) is 41.9 Å². The molecule has 0 fully saturated rings. The van der Waals surface area contributed by atoms with E-state index in [-0.39, 0.29) is 18.3 Å². The lowest BCUT2D eigenvalue weighted by atomic mass is 10.1. The van der Waals surface area contributed by atoms with E-state index in [1.807, 2.05) is 12.1 Å². The highest BCUT2D eigenvalue weighted by Gasteiger charge is 2.12. The molecule has 0 saturated heterocycles. The summed E-state index contributed by atoms with van der Waals surface area (Å²) in [4.78, 5) is 12.1. The third-order valence-electron chi connectivity index (χ3n) is 2.66. The number of nitrogens with zero attached hydrogens (tertiary/aromatic N) is 4. The maximum absolute atomic E-state index is 12.1. The number of aromatic nitrogens is 4. The number of nitrogens with one attached hydrogen (secondary N) is 1. The minimum absolute atomic E-state index is 0. The first-order chi connectivity index (χ1) is 9.33. The average Bonchev–Trinajstić information content (AvgIpc) is 2.97. The van der Waals surface area contributed by atoms with Crippen LogP contribution >= 0.6 is 12.4 Å². The zero-order valence-corrected chi connectivity index (χ0v) is 11.7. The Morgan fingerprint density at radius 3 is 2.80 bits per heavy atom. The molecule has 0 aliphatic heterocycles. The van der Waals surface area contributed by atoms with Gasteiger partial charge in [-0.2, -0.15) is 4.68 Å². The van der Waals surface area contributed by atoms with Crippen LogP contribution in [0.15, 0.2) is 30.6 Å². The molecular formula is C12H17ClN6O. The number of hydrogen-bond donors (Lipinski definition) is 2. The van der Waals surface area contributed by atoms with Gasteiger partial charge in [0.1, 0.15) is 6.33 Å². The van der Waals surface area contributed by atoms with Gasteiger partial charge in [0.25, 0.3) is 5.91 Å². The van der Waals surface area contributed by atoms with Crippen molar-refractivity contribution >= 4 is 18.3 Å². The van der Waals surface area contributed by atoms with Gasteiger partial charge in [0, 0.05) is 6.54 Å². The average molecular weight is 297 g/mol. The van der Waals surface area contributed by atoms with Crippen molar-refractivity contribution in [3.63, 3.8) is 0 Å². The van der Waals surface area contributed by atoms with Gasteiger partial charge < -0.3 is 11.1 Å². The van der Waals surface area contributed by atoms with Crippen LogP contribution in [0, 0.1) is 0 Å². The van der Waals surface area contributed by atoms with Crippen molar-refractivity contribution in [2.75, 3.05) is 13.1 Å². The minimum Gasteiger partial charge on any atom is -0.352 e. The second-order valence-electron chi connectivity index (χ2n) is 4.02. The fraction of sp³-hybridized carbons (Fsp3) is 0.333. The van der Waals surface area contributed by atoms with E-state index in [0.29, 0.717) is 24.3 Å². The van der Waals surface area contributed by atoms with Crippen LogP contribution in [0.25, 0.3) is 5.69 Å². The molecule has 0 atom stereocenters. The molecule has 108 valence electrons. The van der Waals surface area contributed by atoms with E-state index in [9.17, 15) is 4.79 Å². The predicted molar refractivity (Wildman–Crippen MR) is 77.0 cm³/mol. The molecule has 20 heavy (non-hydrogen) atoms. The quantitative estimate of drug-likeness (QED) is 0.759. The Bertz CT molecular complexity index is 531. The summed E-state index contributed by atoms with van der Waals surface area (Å²) >= 11 is 0. The molecule has 0 radical (unpaired) electrons. The third kappa shape index (κ3) is 4.01. The molecule has 2 aromatic rings. The molecule has 0 bridgehead atoms. The van der Waals surface area contributed by atoms with Gasteiger partial charge in [0.05, 0.1) is 11.3 Å². The van der Waals surface area contributed by atoms with E-state index < -0.39 is 0 Å². The number of tetrazole rings is 1. The molecular weight excluding hydrogens is 280 g/mol. The molecule has 1 amide bonds. The summed E-state index contributed by atoms with van der Waals surface area (Å²) in [5, 5.41) is 13.8. The number of halogens is 1. The molecule has 1 aromatic carbocycles. The molecule has 3 N–H and O–H groups in total. The number of para-hydroxylation sites is 1. The monoisotopic (exact) mass is 296 g/mol. The van der Waals surface area contributed by atoms with E-state index in [4.69, 9.17) is 5.73 Å². The first kappa shape index (κ1) is 16.1. The van der Waals surface area contributed by atoms with Gasteiger partial charge in [0.15, 0.2) is 0 Å². The second kappa shape index (κ2) is 8.23. The Hall–Kier alpha value is -1.99. The highest BCUT2D eigenvalue weighted by atomic mass is 35.5. The van der Waals surface area contributed by atoms with Crippen LogP contribution in [0.5, 0.6) is 0 Å². The summed E-state index contributed by atoms with van der Waals surface area (Å²) in [5.41, 5.74) is 6.61. The third-order valence-corrected chi connectivity index (χ3v) is 2.66. The Balaban J connectivity index is 0.00000200. The number of hydrogen-bond acceptors (Lipinski definition) is 5. The van der Waals surface area contributed by atoms with Crippen molar-refractivity contribution in [1.29, 1.82) is 0 Å². The van der Waals surface area contributed by atoms with Crippen LogP contribution in [0.1, 0.15) is 23.2 Å². The van der Waals surface area contributed by atoms with Crippen molar-refractivity contribution in [3.05, 3.63) is 36.2 Å². The smallest absolute Gasteiger partial charge is 0.253 e. The molecule has 8 heteroatoms. The van der Waals surface area contributed by atoms with Gasteiger partial charge in [-0.1, -0.05) is 12.1 Å². The second-order valence-corrected chi connectivity index (χ2v) is 4.02. The molecule has 0 aliphatic carbocycles. The van der Waals surface area contributed by atoms with E-state index in [2.05, 4.69) is 20.8 Å². The fourth-order valence-electron chi connectivity index (χ4n) is 1.70. The topological polar surface area (TPSA) is 98.7 Å². The summed E-state index contributed by atoms with van der Waals surface area (Å²) in [7, 11) is 0. The van der Waals surface area contributed by atoms with E-state index in [1.165, 1.54) is 11.0 Å². The summed E-state index contributed by atoms with van der Waals surface area (Å²) in [6.45, 7) is 1.25. The molecule has 1 heterocycles. The van der Waals surface area contributed by atoms with Crippen molar-refractivity contribution in [1.82, 2.24) is 25.5 Å². The van der Waals surface area contributed by atoms with Crippen molar-refractivity contribution in [2.45, 2.75) is 12.8 Å². The van der Waals surface area contributed by atoms with Crippen molar-refractivity contribution < 1.29 is 4.79 Å². The van der Waals surface area contributed by atoms with E-state index >= 15 is 0 Å². The highest BCUT2D eigenvalue weighted by Crippen LogP contribution is 2.12. The summed E-state index contributed by atoms with van der Waals surface area (Å²) in [5.74, 6) is -0.136. The van der Waals surface area contributed by atoms with Crippen LogP contribution in [0.4, 0.5) is 0 Å². The number of amides is 1. The molecule has 0 spiro atoms. The number of carbonyl (C=O) groups excluding carboxylic acids is 1. The number of carbonyl (C=O) groups is 1. The Morgan fingerprint density at radius 1 is 1.30 bits per heavy atom. The standard InChI is InChI=1S/C12H16N6O.ClH/c13-7-3-4-8-14-12(19)10-5-1-2-6-11(10)18-9-15-16-17-18;/h1-2,5-6,9H,3-4,7-8,13H2,(H,14,19);1H. The zero-order valence-electron chi connectivity index (χ0n) is 10.9. The first-order valence-corrected chi connectivity index (χ1v) is 6.13. The maximum atomic E-state index is 12.1. The molecule has 0 saturated carbocycles. The van der Waals surface area contributed by atoms with Crippen LogP contribution in [-0.2, 0) is 0 Å². The van der Waals surface area contributed by atoms with E-state index in [1.54, 1.807) is 12.1 Å². The number of nitrogens with two attached hydrogens (primary N) is 1. The summed E-state index contributed by atoms with van der Waals surface area (Å²) in [6, 6.07) is 7.19. The van der Waals surface area contributed by atoms with Crippen LogP contribution in [-0.4, -0.2) is 39.2 Å². The number of benzene rings is 1. The van der Waals surface area contributed by atoms with Gasteiger partial charge in [-0.3, -0.25) is 4.79 Å². The normalized spacial score (nSPS) is 9.85. The zero-order chi connectivity index (χ0) is 13.5. The Kier molecular flexibility index (Phi) is 6.61. The number of rotatable bonds is 6.